The van der Waals surface area contributed by atoms with Gasteiger partial charge in [-0.15, -0.1) is 0 Å². The lowest BCUT2D eigenvalue weighted by Gasteiger charge is -2.39. The Morgan fingerprint density at radius 2 is 2.00 bits per heavy atom. The van der Waals surface area contributed by atoms with Crippen LogP contribution in [0.5, 0.6) is 0 Å². The Labute approximate surface area is 105 Å². The van der Waals surface area contributed by atoms with E-state index in [1.807, 2.05) is 4.90 Å². The third-order valence-electron chi connectivity index (χ3n) is 3.37. The number of nitrogens with one attached hydrogen (secondary N) is 1. The van der Waals surface area contributed by atoms with Crippen LogP contribution in [0.15, 0.2) is 0 Å². The van der Waals surface area contributed by atoms with E-state index in [0.717, 1.165) is 26.1 Å². The molecule has 0 radical (unpaired) electrons. The summed E-state index contributed by atoms with van der Waals surface area (Å²) in [5.41, 5.74) is 0.00635. The third kappa shape index (κ3) is 4.64. The molecule has 1 N–H and O–H groups in total. The lowest BCUT2D eigenvalue weighted by atomic mass is 10.1. The summed E-state index contributed by atoms with van der Waals surface area (Å²) in [6.07, 6.45) is 1.10. The van der Waals surface area contributed by atoms with Crippen molar-refractivity contribution in [2.75, 3.05) is 33.2 Å². The van der Waals surface area contributed by atoms with Gasteiger partial charge in [-0.3, -0.25) is 9.69 Å². The quantitative estimate of drug-likeness (QED) is 0.798. The van der Waals surface area contributed by atoms with Crippen LogP contribution in [-0.4, -0.2) is 60.5 Å². The number of hydrogen-bond donors (Lipinski definition) is 1. The second kappa shape index (κ2) is 5.83. The fourth-order valence-corrected chi connectivity index (χ4v) is 2.07. The van der Waals surface area contributed by atoms with Gasteiger partial charge in [-0.25, -0.2) is 0 Å². The molecule has 1 aliphatic rings. The van der Waals surface area contributed by atoms with Gasteiger partial charge in [0.15, 0.2) is 0 Å². The number of likely N-dealkylation sites (N-methyl/N-ethyl adjacent to an activating group) is 1. The molecule has 0 saturated carbocycles. The molecular formula is C13H27N3O. The van der Waals surface area contributed by atoms with E-state index >= 15 is 0 Å². The Kier molecular flexibility index (Phi) is 4.95. The van der Waals surface area contributed by atoms with Crippen LogP contribution in [0.25, 0.3) is 0 Å². The lowest BCUT2D eigenvalue weighted by molar-refractivity contribution is -0.133. The van der Waals surface area contributed by atoms with Crippen molar-refractivity contribution in [1.82, 2.24) is 15.1 Å². The van der Waals surface area contributed by atoms with Crippen LogP contribution in [0.3, 0.4) is 0 Å². The van der Waals surface area contributed by atoms with Gasteiger partial charge in [-0.1, -0.05) is 6.92 Å². The fourth-order valence-electron chi connectivity index (χ4n) is 2.07. The topological polar surface area (TPSA) is 35.6 Å². The fraction of sp³-hybridized carbons (Fsp3) is 0.923. The van der Waals surface area contributed by atoms with Gasteiger partial charge in [0.25, 0.3) is 0 Å². The number of piperazine rings is 1. The van der Waals surface area contributed by atoms with Gasteiger partial charge in [0.2, 0.25) is 5.91 Å². The SMILES string of the molecule is CCC1CN(C(=O)CNC(C)(C)C)CCN1C. The number of carbonyl (C=O) groups excluding carboxylic acids is 1. The van der Waals surface area contributed by atoms with E-state index in [9.17, 15) is 4.79 Å². The average molecular weight is 241 g/mol. The van der Waals surface area contributed by atoms with Crippen molar-refractivity contribution < 1.29 is 4.79 Å². The number of hydrogen-bond acceptors (Lipinski definition) is 3. The molecule has 0 aromatic carbocycles. The summed E-state index contributed by atoms with van der Waals surface area (Å²) in [7, 11) is 2.14. The Morgan fingerprint density at radius 1 is 1.35 bits per heavy atom. The molecule has 17 heavy (non-hydrogen) atoms. The highest BCUT2D eigenvalue weighted by Gasteiger charge is 2.26. The maximum atomic E-state index is 12.1. The van der Waals surface area contributed by atoms with Crippen molar-refractivity contribution in [3.63, 3.8) is 0 Å². The van der Waals surface area contributed by atoms with E-state index in [1.54, 1.807) is 0 Å². The zero-order valence-corrected chi connectivity index (χ0v) is 11.9. The van der Waals surface area contributed by atoms with E-state index in [4.69, 9.17) is 0 Å². The highest BCUT2D eigenvalue weighted by Crippen LogP contribution is 2.10. The monoisotopic (exact) mass is 241 g/mol. The molecule has 0 aromatic rings. The van der Waals surface area contributed by atoms with Gasteiger partial charge in [0, 0.05) is 31.2 Å². The molecule has 1 amide bonds. The van der Waals surface area contributed by atoms with Gasteiger partial charge in [0.1, 0.15) is 0 Å². The first-order valence-electron chi connectivity index (χ1n) is 6.56. The minimum absolute atomic E-state index is 0.00635. The largest absolute Gasteiger partial charge is 0.339 e. The van der Waals surface area contributed by atoms with E-state index in [0.29, 0.717) is 12.6 Å². The maximum Gasteiger partial charge on any atom is 0.236 e. The van der Waals surface area contributed by atoms with Crippen LogP contribution < -0.4 is 5.32 Å². The first kappa shape index (κ1) is 14.5. The van der Waals surface area contributed by atoms with Crippen LogP contribution in [-0.2, 0) is 4.79 Å². The predicted octanol–water partition coefficient (Wildman–Crippen LogP) is 0.927. The van der Waals surface area contributed by atoms with E-state index in [1.165, 1.54) is 0 Å². The minimum atomic E-state index is 0.00635. The molecule has 1 unspecified atom stereocenters. The predicted molar refractivity (Wildman–Crippen MR) is 71.0 cm³/mol. The van der Waals surface area contributed by atoms with Crippen LogP contribution >= 0.6 is 0 Å². The highest BCUT2D eigenvalue weighted by molar-refractivity contribution is 5.78. The molecule has 0 aliphatic carbocycles. The molecule has 1 atom stereocenters. The van der Waals surface area contributed by atoms with Gasteiger partial charge in [-0.05, 0) is 34.2 Å². The summed E-state index contributed by atoms with van der Waals surface area (Å²) in [4.78, 5) is 16.4. The van der Waals surface area contributed by atoms with E-state index in [-0.39, 0.29) is 11.4 Å². The normalized spacial score (nSPS) is 22.9. The summed E-state index contributed by atoms with van der Waals surface area (Å²) in [5, 5.41) is 3.26. The number of rotatable bonds is 3. The molecule has 0 spiro atoms. The molecular weight excluding hydrogens is 214 g/mol. The summed E-state index contributed by atoms with van der Waals surface area (Å²) < 4.78 is 0. The minimum Gasteiger partial charge on any atom is -0.339 e. The van der Waals surface area contributed by atoms with Crippen molar-refractivity contribution >= 4 is 5.91 Å². The summed E-state index contributed by atoms with van der Waals surface area (Å²) in [6, 6.07) is 0.516. The molecule has 1 heterocycles. The molecule has 0 aromatic heterocycles. The third-order valence-corrected chi connectivity index (χ3v) is 3.37. The zero-order chi connectivity index (χ0) is 13.1. The molecule has 4 heteroatoms. The molecule has 1 saturated heterocycles. The van der Waals surface area contributed by atoms with E-state index in [2.05, 4.69) is 45.0 Å². The Hall–Kier alpha value is -0.610. The molecule has 1 aliphatic heterocycles. The van der Waals surface area contributed by atoms with Crippen molar-refractivity contribution in [2.45, 2.75) is 45.7 Å². The number of carbonyl (C=O) groups is 1. The Bertz CT molecular complexity index is 260. The van der Waals surface area contributed by atoms with E-state index < -0.39 is 0 Å². The second-order valence-corrected chi connectivity index (χ2v) is 5.99. The van der Waals surface area contributed by atoms with Crippen LogP contribution in [0, 0.1) is 0 Å². The molecule has 0 bridgehead atoms. The van der Waals surface area contributed by atoms with Crippen molar-refractivity contribution in [2.24, 2.45) is 0 Å². The number of nitrogens with zero attached hydrogens (tertiary/aromatic N) is 2. The second-order valence-electron chi connectivity index (χ2n) is 5.99. The van der Waals surface area contributed by atoms with Gasteiger partial charge < -0.3 is 10.2 Å². The summed E-state index contributed by atoms with van der Waals surface area (Å²) in [6.45, 7) is 11.6. The Balaban J connectivity index is 2.42. The average Bonchev–Trinajstić information content (AvgIpc) is 2.25. The van der Waals surface area contributed by atoms with Crippen LogP contribution in [0.2, 0.25) is 0 Å². The standard InChI is InChI=1S/C13H27N3O/c1-6-11-10-16(8-7-15(11)5)12(17)9-14-13(2,3)4/h11,14H,6-10H2,1-5H3. The van der Waals surface area contributed by atoms with Crippen molar-refractivity contribution in [3.8, 4) is 0 Å². The Morgan fingerprint density at radius 3 is 2.53 bits per heavy atom. The molecule has 100 valence electrons. The zero-order valence-electron chi connectivity index (χ0n) is 11.9. The number of amides is 1. The van der Waals surface area contributed by atoms with Crippen LogP contribution in [0.4, 0.5) is 0 Å². The van der Waals surface area contributed by atoms with Gasteiger partial charge >= 0.3 is 0 Å². The highest BCUT2D eigenvalue weighted by atomic mass is 16.2. The van der Waals surface area contributed by atoms with Crippen molar-refractivity contribution in [3.05, 3.63) is 0 Å². The van der Waals surface area contributed by atoms with Gasteiger partial charge in [-0.2, -0.15) is 0 Å². The molecule has 1 fully saturated rings. The van der Waals surface area contributed by atoms with Gasteiger partial charge in [0.05, 0.1) is 6.54 Å². The molecule has 4 nitrogen and oxygen atoms in total. The summed E-state index contributed by atoms with van der Waals surface area (Å²) >= 11 is 0. The van der Waals surface area contributed by atoms with Crippen LogP contribution in [0.1, 0.15) is 34.1 Å². The summed E-state index contributed by atoms with van der Waals surface area (Å²) in [5.74, 6) is 0.228. The first-order valence-corrected chi connectivity index (χ1v) is 6.56. The lowest BCUT2D eigenvalue weighted by Crippen LogP contribution is -2.55. The molecule has 1 rings (SSSR count). The first-order chi connectivity index (χ1) is 7.83. The van der Waals surface area contributed by atoms with Crippen molar-refractivity contribution in [1.29, 1.82) is 0 Å². The maximum absolute atomic E-state index is 12.1. The smallest absolute Gasteiger partial charge is 0.236 e.